The van der Waals surface area contributed by atoms with Crippen LogP contribution in [0.1, 0.15) is 62.0 Å². The normalized spacial score (nSPS) is 28.5. The van der Waals surface area contributed by atoms with Gasteiger partial charge in [-0.1, -0.05) is 13.0 Å². The molecule has 2 N–H and O–H groups in total. The number of phenolic OH excluding ortho intramolecular Hbond substituents is 1. The van der Waals surface area contributed by atoms with Crippen molar-refractivity contribution in [3.63, 3.8) is 0 Å². The van der Waals surface area contributed by atoms with Crippen molar-refractivity contribution in [2.75, 3.05) is 38.5 Å². The number of sulfone groups is 1. The SMILES string of the molecule is CCc1c(F)ccc2cc(O)cc(-c3ncc4c(C5C6(CCCNC6)CCS5(=O)=O)nc(OC[C@@]56CCCN5C[C@H](F)C6)nc4c3F)c12. The maximum Gasteiger partial charge on any atom is 0.317 e. The lowest BCUT2D eigenvalue weighted by Crippen LogP contribution is -2.44. The molecule has 13 heteroatoms. The van der Waals surface area contributed by atoms with E-state index in [4.69, 9.17) is 9.72 Å². The minimum atomic E-state index is -3.70. The summed E-state index contributed by atoms with van der Waals surface area (Å²) in [5, 5.41) is 14.0. The highest BCUT2D eigenvalue weighted by molar-refractivity contribution is 7.92. The summed E-state index contributed by atoms with van der Waals surface area (Å²) in [5.74, 6) is -1.49. The van der Waals surface area contributed by atoms with Gasteiger partial charge in [0.25, 0.3) is 0 Å². The van der Waals surface area contributed by atoms with Crippen molar-refractivity contribution in [2.24, 2.45) is 5.41 Å². The van der Waals surface area contributed by atoms with Crippen LogP contribution in [-0.2, 0) is 16.3 Å². The topological polar surface area (TPSA) is 118 Å². The summed E-state index contributed by atoms with van der Waals surface area (Å²) in [6.45, 7) is 4.21. The van der Waals surface area contributed by atoms with E-state index in [1.165, 1.54) is 30.5 Å². The molecule has 0 bridgehead atoms. The molecule has 0 amide bonds. The second kappa shape index (κ2) is 11.5. The number of aromatic nitrogens is 3. The van der Waals surface area contributed by atoms with Crippen molar-refractivity contribution in [1.82, 2.24) is 25.2 Å². The molecule has 2 unspecified atom stereocenters. The molecular formula is C35H38F3N5O4S. The molecule has 2 aromatic heterocycles. The fourth-order valence-electron chi connectivity index (χ4n) is 9.05. The Kier molecular flexibility index (Phi) is 7.61. The number of pyridine rings is 1. The molecule has 8 rings (SSSR count). The minimum Gasteiger partial charge on any atom is -0.508 e. The third kappa shape index (κ3) is 4.94. The summed E-state index contributed by atoms with van der Waals surface area (Å²) in [4.78, 5) is 15.8. The first-order valence-electron chi connectivity index (χ1n) is 16.8. The Morgan fingerprint density at radius 3 is 2.79 bits per heavy atom. The molecule has 48 heavy (non-hydrogen) atoms. The number of nitrogens with one attached hydrogen (secondary N) is 1. The number of halogens is 3. The van der Waals surface area contributed by atoms with Crippen LogP contribution in [0.4, 0.5) is 13.2 Å². The number of ether oxygens (including phenoxy) is 1. The second-order valence-corrected chi connectivity index (χ2v) is 16.3. The molecule has 0 aliphatic carbocycles. The highest BCUT2D eigenvalue weighted by Crippen LogP contribution is 2.54. The Morgan fingerprint density at radius 1 is 1.15 bits per heavy atom. The average molecular weight is 682 g/mol. The highest BCUT2D eigenvalue weighted by atomic mass is 32.2. The lowest BCUT2D eigenvalue weighted by atomic mass is 9.74. The van der Waals surface area contributed by atoms with Gasteiger partial charge in [-0.3, -0.25) is 9.88 Å². The lowest BCUT2D eigenvalue weighted by Gasteiger charge is -2.38. The monoisotopic (exact) mass is 681 g/mol. The van der Waals surface area contributed by atoms with Crippen molar-refractivity contribution in [3.05, 3.63) is 53.4 Å². The average Bonchev–Trinajstić information content (AvgIpc) is 3.67. The van der Waals surface area contributed by atoms with Crippen molar-refractivity contribution < 1.29 is 31.4 Å². The Labute approximate surface area is 276 Å². The minimum absolute atomic E-state index is 0.0222. The van der Waals surface area contributed by atoms with Gasteiger partial charge in [-0.05, 0) is 86.1 Å². The quantitative estimate of drug-likeness (QED) is 0.269. The van der Waals surface area contributed by atoms with Crippen molar-refractivity contribution >= 4 is 31.5 Å². The molecule has 2 aromatic carbocycles. The number of alkyl halides is 1. The van der Waals surface area contributed by atoms with Gasteiger partial charge in [0.15, 0.2) is 15.7 Å². The van der Waals surface area contributed by atoms with Crippen LogP contribution in [0.5, 0.6) is 11.8 Å². The van der Waals surface area contributed by atoms with Gasteiger partial charge in [0, 0.05) is 42.1 Å². The summed E-state index contributed by atoms with van der Waals surface area (Å²) in [5.41, 5.74) is -0.844. The van der Waals surface area contributed by atoms with Gasteiger partial charge < -0.3 is 15.2 Å². The van der Waals surface area contributed by atoms with Gasteiger partial charge in [0.05, 0.1) is 17.0 Å². The number of benzene rings is 2. The zero-order valence-electron chi connectivity index (χ0n) is 26.7. The van der Waals surface area contributed by atoms with Gasteiger partial charge in [0.1, 0.15) is 40.8 Å². The molecule has 6 heterocycles. The lowest BCUT2D eigenvalue weighted by molar-refractivity contribution is 0.107. The predicted molar refractivity (Wildman–Crippen MR) is 175 cm³/mol. The first kappa shape index (κ1) is 31.7. The van der Waals surface area contributed by atoms with Crippen LogP contribution in [-0.4, -0.2) is 83.6 Å². The molecule has 254 valence electrons. The van der Waals surface area contributed by atoms with Crippen LogP contribution in [0.3, 0.4) is 0 Å². The third-order valence-electron chi connectivity index (χ3n) is 11.2. The Morgan fingerprint density at radius 2 is 2.00 bits per heavy atom. The molecular weight excluding hydrogens is 643 g/mol. The van der Waals surface area contributed by atoms with Crippen molar-refractivity contribution in [3.8, 4) is 23.0 Å². The Hall–Kier alpha value is -3.55. The van der Waals surface area contributed by atoms with E-state index in [1.807, 2.05) is 0 Å². The number of hydrogen-bond donors (Lipinski definition) is 2. The van der Waals surface area contributed by atoms with E-state index < -0.39 is 43.8 Å². The summed E-state index contributed by atoms with van der Waals surface area (Å²) in [6.07, 6.45) is 4.56. The number of phenols is 1. The molecule has 4 fully saturated rings. The molecule has 1 spiro atoms. The van der Waals surface area contributed by atoms with Crippen molar-refractivity contribution in [1.29, 1.82) is 0 Å². The molecule has 4 aromatic rings. The first-order chi connectivity index (χ1) is 23.0. The van der Waals surface area contributed by atoms with Gasteiger partial charge in [-0.15, -0.1) is 0 Å². The second-order valence-electron chi connectivity index (χ2n) is 14.0. The number of hydrogen-bond acceptors (Lipinski definition) is 9. The van der Waals surface area contributed by atoms with E-state index in [9.17, 15) is 17.9 Å². The standard InChI is InChI=1S/C35H38F3N5O4S/c1-2-23-26(37)6-5-20-13-22(44)14-24(27(20)23)29-28(38)30-25(16-40-29)31(32-34(7-3-10-39-18-34)9-12-48(32,45)46)42-33(41-30)47-19-35-8-4-11-43(35)17-21(36)15-35/h5-6,13-14,16,21,32,39,44H,2-4,7-12,15,17-19H2,1H3/t21-,32?,34?,35+/m1/s1. The van der Waals surface area contributed by atoms with Gasteiger partial charge in [-0.2, -0.15) is 9.97 Å². The van der Waals surface area contributed by atoms with Gasteiger partial charge in [0.2, 0.25) is 0 Å². The number of rotatable bonds is 6. The van der Waals surface area contributed by atoms with Gasteiger partial charge in [-0.25, -0.2) is 21.6 Å². The predicted octanol–water partition coefficient (Wildman–Crippen LogP) is 5.58. The zero-order chi connectivity index (χ0) is 33.4. The highest BCUT2D eigenvalue weighted by Gasteiger charge is 2.55. The maximum atomic E-state index is 17.0. The van der Waals surface area contributed by atoms with Crippen LogP contribution in [0.25, 0.3) is 32.9 Å². The van der Waals surface area contributed by atoms with E-state index in [-0.39, 0.29) is 52.0 Å². The van der Waals surface area contributed by atoms with Crippen LogP contribution in [0.15, 0.2) is 30.5 Å². The van der Waals surface area contributed by atoms with Crippen LogP contribution < -0.4 is 10.1 Å². The van der Waals surface area contributed by atoms with Crippen LogP contribution in [0.2, 0.25) is 0 Å². The largest absolute Gasteiger partial charge is 0.508 e. The number of aromatic hydroxyl groups is 1. The first-order valence-corrected chi connectivity index (χ1v) is 18.5. The number of nitrogens with zero attached hydrogens (tertiary/aromatic N) is 4. The smallest absolute Gasteiger partial charge is 0.317 e. The van der Waals surface area contributed by atoms with E-state index in [0.717, 1.165) is 32.4 Å². The number of piperidine rings is 1. The van der Waals surface area contributed by atoms with E-state index in [2.05, 4.69) is 20.2 Å². The molecule has 4 aliphatic rings. The summed E-state index contributed by atoms with van der Waals surface area (Å²) >= 11 is 0. The van der Waals surface area contributed by atoms with Crippen LogP contribution >= 0.6 is 0 Å². The third-order valence-corrected chi connectivity index (χ3v) is 13.5. The van der Waals surface area contributed by atoms with Crippen molar-refractivity contribution in [2.45, 2.75) is 68.8 Å². The zero-order valence-corrected chi connectivity index (χ0v) is 27.6. The fraction of sp³-hybridized carbons (Fsp3) is 0.514. The summed E-state index contributed by atoms with van der Waals surface area (Å²) in [6, 6.07) is 5.50. The fourth-order valence-corrected chi connectivity index (χ4v) is 11.6. The van der Waals surface area contributed by atoms with Gasteiger partial charge >= 0.3 is 6.01 Å². The maximum absolute atomic E-state index is 17.0. The molecule has 0 saturated carbocycles. The summed E-state index contributed by atoms with van der Waals surface area (Å²) in [7, 11) is -3.70. The Balaban J connectivity index is 1.33. The Bertz CT molecular complexity index is 2060. The molecule has 4 atom stereocenters. The molecule has 4 aliphatic heterocycles. The number of aryl methyl sites for hydroxylation is 1. The number of fused-ring (bicyclic) bond motifs is 3. The van der Waals surface area contributed by atoms with Crippen LogP contribution in [0, 0.1) is 17.0 Å². The summed E-state index contributed by atoms with van der Waals surface area (Å²) < 4.78 is 80.5. The molecule has 9 nitrogen and oxygen atoms in total. The molecule has 4 saturated heterocycles. The van der Waals surface area contributed by atoms with E-state index in [1.54, 1.807) is 6.92 Å². The molecule has 0 radical (unpaired) electrons. The van der Waals surface area contributed by atoms with E-state index in [0.29, 0.717) is 55.1 Å². The van der Waals surface area contributed by atoms with E-state index >= 15 is 8.78 Å².